The lowest BCUT2D eigenvalue weighted by Gasteiger charge is -2.24. The Kier molecular flexibility index (Phi) is 3.67. The van der Waals surface area contributed by atoms with Crippen LogP contribution in [-0.2, 0) is 9.59 Å². The molecule has 0 saturated heterocycles. The Balaban J connectivity index is 1.74. The predicted molar refractivity (Wildman–Crippen MR) is 74.3 cm³/mol. The molecule has 1 amide bonds. The zero-order valence-corrected chi connectivity index (χ0v) is 11.8. The highest BCUT2D eigenvalue weighted by atomic mass is 19.3. The molecule has 6 nitrogen and oxygen atoms in total. The number of halogens is 2. The van der Waals surface area contributed by atoms with Gasteiger partial charge in [-0.05, 0) is 25.0 Å². The van der Waals surface area contributed by atoms with Crippen molar-refractivity contribution >= 4 is 17.6 Å². The van der Waals surface area contributed by atoms with E-state index in [-0.39, 0.29) is 23.6 Å². The quantitative estimate of drug-likeness (QED) is 0.835. The molecule has 23 heavy (non-hydrogen) atoms. The smallest absolute Gasteiger partial charge is 0.481 e. The molecule has 2 N–H and O–H groups in total. The first-order valence-electron chi connectivity index (χ1n) is 6.94. The summed E-state index contributed by atoms with van der Waals surface area (Å²) < 4.78 is 34.5. The van der Waals surface area contributed by atoms with Crippen LogP contribution in [0.15, 0.2) is 30.4 Å². The number of ether oxygens (including phenoxy) is 2. The van der Waals surface area contributed by atoms with Crippen LogP contribution in [-0.4, -0.2) is 23.3 Å². The molecule has 2 aliphatic rings. The standard InChI is InChI=1S/C15H13F2NO5/c16-15(17)22-11-6-5-8(7-12(11)23-15)18-13(19)9-3-1-2-4-10(9)14(20)21/h1-2,5-7,9-10H,3-4H2,(H,18,19)(H,20,21)/t9-,10+/m0/s1. The molecular formula is C15H13F2NO5. The van der Waals surface area contributed by atoms with Crippen molar-refractivity contribution in [2.24, 2.45) is 11.8 Å². The van der Waals surface area contributed by atoms with Crippen LogP contribution < -0.4 is 14.8 Å². The number of rotatable bonds is 3. The molecule has 0 fully saturated rings. The number of aliphatic carboxylic acids is 1. The number of carbonyl (C=O) groups excluding carboxylic acids is 1. The Morgan fingerprint density at radius 3 is 2.48 bits per heavy atom. The number of alkyl halides is 2. The monoisotopic (exact) mass is 325 g/mol. The second kappa shape index (κ2) is 5.53. The van der Waals surface area contributed by atoms with Gasteiger partial charge in [-0.3, -0.25) is 9.59 Å². The Bertz CT molecular complexity index is 688. The molecule has 0 bridgehead atoms. The van der Waals surface area contributed by atoms with Crippen molar-refractivity contribution in [3.8, 4) is 11.5 Å². The molecule has 122 valence electrons. The van der Waals surface area contributed by atoms with Crippen LogP contribution in [0.4, 0.5) is 14.5 Å². The molecule has 1 aromatic carbocycles. The lowest BCUT2D eigenvalue weighted by atomic mass is 9.82. The summed E-state index contributed by atoms with van der Waals surface area (Å²) >= 11 is 0. The maximum Gasteiger partial charge on any atom is 0.586 e. The highest BCUT2D eigenvalue weighted by molar-refractivity contribution is 5.95. The van der Waals surface area contributed by atoms with Gasteiger partial charge >= 0.3 is 12.3 Å². The third kappa shape index (κ3) is 3.10. The summed E-state index contributed by atoms with van der Waals surface area (Å²) in [5.74, 6) is -3.36. The molecule has 1 aliphatic carbocycles. The van der Waals surface area contributed by atoms with Crippen molar-refractivity contribution in [1.29, 1.82) is 0 Å². The molecule has 0 saturated carbocycles. The Hall–Kier alpha value is -2.64. The van der Waals surface area contributed by atoms with E-state index in [9.17, 15) is 23.5 Å². The van der Waals surface area contributed by atoms with E-state index >= 15 is 0 Å². The Morgan fingerprint density at radius 1 is 1.13 bits per heavy atom. The van der Waals surface area contributed by atoms with Crippen LogP contribution in [0.5, 0.6) is 11.5 Å². The molecule has 1 aromatic rings. The predicted octanol–water partition coefficient (Wildman–Crippen LogP) is 2.61. The molecule has 1 aliphatic heterocycles. The van der Waals surface area contributed by atoms with Gasteiger partial charge in [-0.2, -0.15) is 0 Å². The molecule has 2 atom stereocenters. The summed E-state index contributed by atoms with van der Waals surface area (Å²) in [6.07, 6.45) is 0.342. The molecule has 0 unspecified atom stereocenters. The van der Waals surface area contributed by atoms with Crippen LogP contribution in [0.2, 0.25) is 0 Å². The number of amides is 1. The third-order valence-corrected chi connectivity index (χ3v) is 3.76. The van der Waals surface area contributed by atoms with Crippen molar-refractivity contribution in [3.63, 3.8) is 0 Å². The van der Waals surface area contributed by atoms with Crippen molar-refractivity contribution < 1.29 is 33.0 Å². The normalized spacial score (nSPS) is 24.3. The number of fused-ring (bicyclic) bond motifs is 1. The zero-order chi connectivity index (χ0) is 16.6. The summed E-state index contributed by atoms with van der Waals surface area (Å²) in [5, 5.41) is 11.7. The second-order valence-corrected chi connectivity index (χ2v) is 5.31. The largest absolute Gasteiger partial charge is 0.586 e. The zero-order valence-electron chi connectivity index (χ0n) is 11.8. The number of anilines is 1. The fourth-order valence-electron chi connectivity index (χ4n) is 2.64. The van der Waals surface area contributed by atoms with Gasteiger partial charge in [0.25, 0.3) is 0 Å². The van der Waals surface area contributed by atoms with E-state index in [1.807, 2.05) is 0 Å². The number of hydrogen-bond acceptors (Lipinski definition) is 4. The summed E-state index contributed by atoms with van der Waals surface area (Å²) in [5.41, 5.74) is 0.230. The summed E-state index contributed by atoms with van der Waals surface area (Å²) in [6.45, 7) is 0. The van der Waals surface area contributed by atoms with Gasteiger partial charge in [0.1, 0.15) is 0 Å². The lowest BCUT2D eigenvalue weighted by Crippen LogP contribution is -2.34. The van der Waals surface area contributed by atoms with E-state index < -0.39 is 30.0 Å². The topological polar surface area (TPSA) is 84.9 Å². The van der Waals surface area contributed by atoms with E-state index in [1.165, 1.54) is 18.2 Å². The van der Waals surface area contributed by atoms with Crippen LogP contribution in [0, 0.1) is 11.8 Å². The van der Waals surface area contributed by atoms with Crippen molar-refractivity contribution in [3.05, 3.63) is 30.4 Å². The first-order valence-corrected chi connectivity index (χ1v) is 6.94. The van der Waals surface area contributed by atoms with Gasteiger partial charge in [-0.25, -0.2) is 0 Å². The van der Waals surface area contributed by atoms with Crippen LogP contribution in [0.25, 0.3) is 0 Å². The molecule has 0 aromatic heterocycles. The van der Waals surface area contributed by atoms with Crippen LogP contribution in [0.1, 0.15) is 12.8 Å². The highest BCUT2D eigenvalue weighted by Crippen LogP contribution is 2.42. The number of carboxylic acid groups (broad SMARTS) is 1. The summed E-state index contributed by atoms with van der Waals surface area (Å²) in [6, 6.07) is 3.85. The summed E-state index contributed by atoms with van der Waals surface area (Å²) in [4.78, 5) is 23.5. The van der Waals surface area contributed by atoms with Gasteiger partial charge in [-0.1, -0.05) is 12.2 Å². The average Bonchev–Trinajstić information content (AvgIpc) is 2.80. The van der Waals surface area contributed by atoms with Crippen LogP contribution in [0.3, 0.4) is 0 Å². The van der Waals surface area contributed by atoms with E-state index in [0.29, 0.717) is 6.42 Å². The van der Waals surface area contributed by atoms with Crippen molar-refractivity contribution in [1.82, 2.24) is 0 Å². The summed E-state index contributed by atoms with van der Waals surface area (Å²) in [7, 11) is 0. The molecular weight excluding hydrogens is 312 g/mol. The number of carbonyl (C=O) groups is 2. The molecule has 1 heterocycles. The average molecular weight is 325 g/mol. The fraction of sp³-hybridized carbons (Fsp3) is 0.333. The van der Waals surface area contributed by atoms with Crippen molar-refractivity contribution in [2.45, 2.75) is 19.1 Å². The molecule has 3 rings (SSSR count). The lowest BCUT2D eigenvalue weighted by molar-refractivity contribution is -0.286. The third-order valence-electron chi connectivity index (χ3n) is 3.76. The van der Waals surface area contributed by atoms with E-state index in [0.717, 1.165) is 0 Å². The first-order chi connectivity index (χ1) is 10.9. The van der Waals surface area contributed by atoms with Gasteiger partial charge in [0.05, 0.1) is 11.8 Å². The maximum absolute atomic E-state index is 13.0. The number of nitrogens with one attached hydrogen (secondary N) is 1. The second-order valence-electron chi connectivity index (χ2n) is 5.31. The highest BCUT2D eigenvalue weighted by Gasteiger charge is 2.43. The van der Waals surface area contributed by atoms with Gasteiger partial charge in [0.15, 0.2) is 11.5 Å². The number of benzene rings is 1. The fourth-order valence-corrected chi connectivity index (χ4v) is 2.64. The van der Waals surface area contributed by atoms with E-state index in [4.69, 9.17) is 0 Å². The van der Waals surface area contributed by atoms with Gasteiger partial charge in [-0.15, -0.1) is 8.78 Å². The van der Waals surface area contributed by atoms with E-state index in [2.05, 4.69) is 14.8 Å². The Morgan fingerprint density at radius 2 is 1.78 bits per heavy atom. The number of hydrogen-bond donors (Lipinski definition) is 2. The molecule has 0 radical (unpaired) electrons. The molecule has 0 spiro atoms. The first kappa shape index (κ1) is 15.3. The van der Waals surface area contributed by atoms with Gasteiger partial charge < -0.3 is 19.9 Å². The number of allylic oxidation sites excluding steroid dienone is 2. The van der Waals surface area contributed by atoms with Gasteiger partial charge in [0.2, 0.25) is 5.91 Å². The van der Waals surface area contributed by atoms with Gasteiger partial charge in [0, 0.05) is 11.8 Å². The minimum absolute atomic E-state index is 0.128. The van der Waals surface area contributed by atoms with E-state index in [1.54, 1.807) is 12.2 Å². The maximum atomic E-state index is 13.0. The Labute approximate surface area is 129 Å². The SMILES string of the molecule is O=C(Nc1ccc2c(c1)OC(F)(F)O2)[C@H]1CC=CC[C@H]1C(=O)O. The van der Waals surface area contributed by atoms with Crippen LogP contribution >= 0.6 is 0 Å². The van der Waals surface area contributed by atoms with Crippen molar-refractivity contribution in [2.75, 3.05) is 5.32 Å². The number of carboxylic acids is 1. The minimum Gasteiger partial charge on any atom is -0.481 e. The molecule has 8 heteroatoms. The minimum atomic E-state index is -3.73.